The molecule has 4 aromatic rings. The summed E-state index contributed by atoms with van der Waals surface area (Å²) in [6.45, 7) is 3.93. The van der Waals surface area contributed by atoms with E-state index in [0.29, 0.717) is 23.3 Å². The quantitative estimate of drug-likeness (QED) is 0.401. The number of pyridine rings is 1. The third-order valence-corrected chi connectivity index (χ3v) is 4.90. The second-order valence-corrected chi connectivity index (χ2v) is 7.60. The van der Waals surface area contributed by atoms with Gasteiger partial charge in [-0.05, 0) is 43.7 Å². The maximum Gasteiger partial charge on any atom is 0.220 e. The number of nitrogens with one attached hydrogen (secondary N) is 1. The molecule has 29 heavy (non-hydrogen) atoms. The highest BCUT2D eigenvalue weighted by atomic mass is 79.9. The van der Waals surface area contributed by atoms with E-state index in [0.717, 1.165) is 20.9 Å². The van der Waals surface area contributed by atoms with E-state index in [2.05, 4.69) is 55.3 Å². The smallest absolute Gasteiger partial charge is 0.220 e. The number of rotatable bonds is 5. The number of phenols is 1. The summed E-state index contributed by atoms with van der Waals surface area (Å²) in [5.74, 6) is 2.40. The van der Waals surface area contributed by atoms with Crippen molar-refractivity contribution in [2.45, 2.75) is 19.9 Å². The Bertz CT molecular complexity index is 1180. The molecular weight excluding hydrogens is 432 g/mol. The van der Waals surface area contributed by atoms with Gasteiger partial charge < -0.3 is 15.2 Å². The van der Waals surface area contributed by atoms with Gasteiger partial charge in [-0.15, -0.1) is 0 Å². The standard InChI is InChI=1S/C22H19BrN4O2/c1-13(15-5-3-6-16(23)9-15)25-22-19-11-21(24-12-20(19)26-14(2)27-22)29-18-8-4-7-17(28)10-18/h3-13,28H,1-2H3,(H,25,26,27). The van der Waals surface area contributed by atoms with Crippen LogP contribution in [0.1, 0.15) is 24.4 Å². The van der Waals surface area contributed by atoms with Gasteiger partial charge >= 0.3 is 0 Å². The lowest BCUT2D eigenvalue weighted by Crippen LogP contribution is -2.09. The normalized spacial score (nSPS) is 12.0. The molecule has 0 saturated carbocycles. The van der Waals surface area contributed by atoms with E-state index >= 15 is 0 Å². The molecule has 2 aromatic carbocycles. The molecule has 0 saturated heterocycles. The molecule has 2 N–H and O–H groups in total. The molecular formula is C22H19BrN4O2. The van der Waals surface area contributed by atoms with E-state index < -0.39 is 0 Å². The predicted molar refractivity (Wildman–Crippen MR) is 116 cm³/mol. The zero-order chi connectivity index (χ0) is 20.4. The lowest BCUT2D eigenvalue weighted by Gasteiger charge is -2.17. The van der Waals surface area contributed by atoms with Crippen molar-refractivity contribution in [1.82, 2.24) is 15.0 Å². The first kappa shape index (κ1) is 19.1. The average Bonchev–Trinajstić information content (AvgIpc) is 2.68. The van der Waals surface area contributed by atoms with Crippen LogP contribution in [0.3, 0.4) is 0 Å². The highest BCUT2D eigenvalue weighted by molar-refractivity contribution is 9.10. The largest absolute Gasteiger partial charge is 0.508 e. The number of benzene rings is 2. The Labute approximate surface area is 176 Å². The molecule has 7 heteroatoms. The first-order valence-electron chi connectivity index (χ1n) is 9.11. The molecule has 0 fully saturated rings. The van der Waals surface area contributed by atoms with Crippen LogP contribution in [0.15, 0.2) is 65.3 Å². The van der Waals surface area contributed by atoms with E-state index in [4.69, 9.17) is 4.74 Å². The van der Waals surface area contributed by atoms with Gasteiger partial charge in [0.25, 0.3) is 0 Å². The Balaban J connectivity index is 1.69. The summed E-state index contributed by atoms with van der Waals surface area (Å²) in [6.07, 6.45) is 1.66. The van der Waals surface area contributed by atoms with Gasteiger partial charge in [-0.1, -0.05) is 34.1 Å². The lowest BCUT2D eigenvalue weighted by molar-refractivity contribution is 0.446. The summed E-state index contributed by atoms with van der Waals surface area (Å²) < 4.78 is 6.82. The van der Waals surface area contributed by atoms with Crippen LogP contribution in [0.4, 0.5) is 5.82 Å². The van der Waals surface area contributed by atoms with Crippen molar-refractivity contribution in [1.29, 1.82) is 0 Å². The molecule has 146 valence electrons. The highest BCUT2D eigenvalue weighted by Gasteiger charge is 2.13. The molecule has 4 rings (SSSR count). The Morgan fingerprint density at radius 1 is 1.07 bits per heavy atom. The fourth-order valence-corrected chi connectivity index (χ4v) is 3.44. The van der Waals surface area contributed by atoms with Crippen molar-refractivity contribution in [2.24, 2.45) is 0 Å². The molecule has 0 aliphatic carbocycles. The van der Waals surface area contributed by atoms with Crippen molar-refractivity contribution in [2.75, 3.05) is 5.32 Å². The minimum atomic E-state index is 0.0357. The zero-order valence-corrected chi connectivity index (χ0v) is 17.5. The number of aromatic nitrogens is 3. The van der Waals surface area contributed by atoms with Gasteiger partial charge in [0.2, 0.25) is 5.88 Å². The maximum atomic E-state index is 9.63. The number of phenolic OH excluding ortho intramolecular Hbond substituents is 1. The molecule has 0 aliphatic heterocycles. The molecule has 0 bridgehead atoms. The first-order chi connectivity index (χ1) is 14.0. The summed E-state index contributed by atoms with van der Waals surface area (Å²) in [7, 11) is 0. The van der Waals surface area contributed by atoms with Gasteiger partial charge in [-0.25, -0.2) is 15.0 Å². The zero-order valence-electron chi connectivity index (χ0n) is 15.9. The van der Waals surface area contributed by atoms with Crippen molar-refractivity contribution in [3.8, 4) is 17.4 Å². The molecule has 0 radical (unpaired) electrons. The summed E-state index contributed by atoms with van der Waals surface area (Å²) in [6, 6.07) is 16.6. The maximum absolute atomic E-state index is 9.63. The molecule has 1 unspecified atom stereocenters. The number of ether oxygens (including phenoxy) is 1. The predicted octanol–water partition coefficient (Wildman–Crippen LogP) is 5.77. The van der Waals surface area contributed by atoms with E-state index in [1.54, 1.807) is 30.5 Å². The highest BCUT2D eigenvalue weighted by Crippen LogP contribution is 2.30. The van der Waals surface area contributed by atoms with Crippen LogP contribution in [0.5, 0.6) is 17.4 Å². The first-order valence-corrected chi connectivity index (χ1v) is 9.90. The third kappa shape index (κ3) is 4.46. The summed E-state index contributed by atoms with van der Waals surface area (Å²) in [4.78, 5) is 13.4. The summed E-state index contributed by atoms with van der Waals surface area (Å²) in [5, 5.41) is 13.9. The molecule has 0 amide bonds. The Morgan fingerprint density at radius 2 is 1.90 bits per heavy atom. The van der Waals surface area contributed by atoms with Crippen molar-refractivity contribution < 1.29 is 9.84 Å². The Hall–Kier alpha value is -3.19. The molecule has 2 aromatic heterocycles. The van der Waals surface area contributed by atoms with Crippen LogP contribution in [0, 0.1) is 6.92 Å². The van der Waals surface area contributed by atoms with Crippen LogP contribution >= 0.6 is 15.9 Å². The lowest BCUT2D eigenvalue weighted by atomic mass is 10.1. The van der Waals surface area contributed by atoms with Crippen LogP contribution in [-0.4, -0.2) is 20.1 Å². The van der Waals surface area contributed by atoms with Crippen LogP contribution in [-0.2, 0) is 0 Å². The van der Waals surface area contributed by atoms with Crippen LogP contribution < -0.4 is 10.1 Å². The average molecular weight is 451 g/mol. The van der Waals surface area contributed by atoms with Crippen LogP contribution in [0.25, 0.3) is 10.9 Å². The fraction of sp³-hybridized carbons (Fsp3) is 0.136. The molecule has 2 heterocycles. The van der Waals surface area contributed by atoms with Gasteiger partial charge in [0.1, 0.15) is 23.1 Å². The minimum Gasteiger partial charge on any atom is -0.508 e. The number of aryl methyl sites for hydroxylation is 1. The van der Waals surface area contributed by atoms with E-state index in [1.165, 1.54) is 6.07 Å². The number of anilines is 1. The van der Waals surface area contributed by atoms with Gasteiger partial charge in [0.05, 0.1) is 17.8 Å². The second kappa shape index (κ2) is 8.05. The molecule has 0 aliphatic rings. The number of halogens is 1. The minimum absolute atomic E-state index is 0.0357. The number of fused-ring (bicyclic) bond motifs is 1. The summed E-state index contributed by atoms with van der Waals surface area (Å²) in [5.41, 5.74) is 1.86. The van der Waals surface area contributed by atoms with E-state index in [9.17, 15) is 5.11 Å². The van der Waals surface area contributed by atoms with Crippen molar-refractivity contribution in [3.05, 3.63) is 76.7 Å². The number of aromatic hydroxyl groups is 1. The van der Waals surface area contributed by atoms with Crippen molar-refractivity contribution in [3.63, 3.8) is 0 Å². The Kier molecular flexibility index (Phi) is 5.31. The van der Waals surface area contributed by atoms with Crippen molar-refractivity contribution >= 4 is 32.7 Å². The number of hydrogen-bond donors (Lipinski definition) is 2. The summed E-state index contributed by atoms with van der Waals surface area (Å²) >= 11 is 3.52. The fourth-order valence-electron chi connectivity index (χ4n) is 3.03. The Morgan fingerprint density at radius 3 is 2.69 bits per heavy atom. The van der Waals surface area contributed by atoms with Gasteiger partial charge in [-0.2, -0.15) is 0 Å². The number of hydrogen-bond acceptors (Lipinski definition) is 6. The second-order valence-electron chi connectivity index (χ2n) is 6.68. The molecule has 6 nitrogen and oxygen atoms in total. The molecule has 1 atom stereocenters. The van der Waals surface area contributed by atoms with Gasteiger partial charge in [-0.3, -0.25) is 0 Å². The van der Waals surface area contributed by atoms with Gasteiger partial charge in [0.15, 0.2) is 0 Å². The number of nitrogens with zero attached hydrogens (tertiary/aromatic N) is 3. The topological polar surface area (TPSA) is 80.2 Å². The SMILES string of the molecule is Cc1nc(NC(C)c2cccc(Br)c2)c2cc(Oc3cccc(O)c3)ncc2n1. The molecule has 0 spiro atoms. The van der Waals surface area contributed by atoms with E-state index in [1.807, 2.05) is 19.1 Å². The van der Waals surface area contributed by atoms with Crippen LogP contribution in [0.2, 0.25) is 0 Å². The van der Waals surface area contributed by atoms with E-state index in [-0.39, 0.29) is 11.8 Å². The third-order valence-electron chi connectivity index (χ3n) is 4.41. The van der Waals surface area contributed by atoms with Gasteiger partial charge in [0, 0.05) is 22.0 Å². The monoisotopic (exact) mass is 450 g/mol.